The summed E-state index contributed by atoms with van der Waals surface area (Å²) in [6.07, 6.45) is 0.851. The van der Waals surface area contributed by atoms with Gasteiger partial charge in [0.15, 0.2) is 0 Å². The number of carbonyl (C=O) groups is 1. The molecule has 18 heavy (non-hydrogen) atoms. The molecule has 2 aromatic rings. The minimum atomic E-state index is -0.0888. The van der Waals surface area contributed by atoms with Crippen molar-refractivity contribution in [3.05, 3.63) is 44.9 Å². The molecule has 0 radical (unpaired) electrons. The summed E-state index contributed by atoms with van der Waals surface area (Å²) in [5, 5.41) is 5.22. The second-order valence-electron chi connectivity index (χ2n) is 3.85. The fraction of sp³-hybridized carbons (Fsp3) is 0.231. The maximum Gasteiger partial charge on any atom is 0.266 e. The van der Waals surface area contributed by atoms with Gasteiger partial charge in [0, 0.05) is 0 Å². The second-order valence-corrected chi connectivity index (χ2v) is 5.15. The molecule has 0 bridgehead atoms. The van der Waals surface area contributed by atoms with Crippen molar-refractivity contribution in [1.82, 2.24) is 4.98 Å². The van der Waals surface area contributed by atoms with E-state index in [-0.39, 0.29) is 5.91 Å². The molecule has 0 saturated heterocycles. The number of thiophene rings is 1. The van der Waals surface area contributed by atoms with E-state index in [0.717, 1.165) is 16.9 Å². The molecule has 3 nitrogen and oxygen atoms in total. The average Bonchev–Trinajstić information content (AvgIpc) is 2.81. The number of aromatic nitrogens is 1. The van der Waals surface area contributed by atoms with Gasteiger partial charge in [0.25, 0.3) is 5.91 Å². The summed E-state index contributed by atoms with van der Waals surface area (Å²) in [5.74, 6) is -0.0888. The second kappa shape index (κ2) is 5.50. The highest BCUT2D eigenvalue weighted by Gasteiger charge is 2.13. The van der Waals surface area contributed by atoms with E-state index in [4.69, 9.17) is 11.6 Å². The molecule has 0 unspecified atom stereocenters. The monoisotopic (exact) mass is 280 g/mol. The molecule has 0 fully saturated rings. The van der Waals surface area contributed by atoms with Crippen LogP contribution in [0.15, 0.2) is 23.6 Å². The Hall–Kier alpha value is -1.39. The quantitative estimate of drug-likeness (QED) is 0.866. The van der Waals surface area contributed by atoms with Crippen LogP contribution in [0.25, 0.3) is 0 Å². The molecule has 0 aliphatic rings. The number of nitrogens with zero attached hydrogens (tertiary/aromatic N) is 1. The number of nitrogens with one attached hydrogen (secondary N) is 1. The van der Waals surface area contributed by atoms with E-state index in [2.05, 4.69) is 10.3 Å². The van der Waals surface area contributed by atoms with E-state index in [1.165, 1.54) is 11.3 Å². The number of amides is 1. The molecule has 1 N–H and O–H groups in total. The number of carbonyl (C=O) groups excluding carboxylic acids is 1. The normalized spacial score (nSPS) is 10.4. The maximum absolute atomic E-state index is 12.1. The van der Waals surface area contributed by atoms with Crippen molar-refractivity contribution in [2.24, 2.45) is 0 Å². The van der Waals surface area contributed by atoms with Gasteiger partial charge in [0.2, 0.25) is 0 Å². The first kappa shape index (κ1) is 13.1. The van der Waals surface area contributed by atoms with Crippen molar-refractivity contribution in [1.29, 1.82) is 0 Å². The largest absolute Gasteiger partial charge is 0.320 e. The SMILES string of the molecule is CCc1ccsc1C(=O)Nc1ccc(Cl)nc1C. The number of halogens is 1. The van der Waals surface area contributed by atoms with Crippen LogP contribution in [0.3, 0.4) is 0 Å². The highest BCUT2D eigenvalue weighted by molar-refractivity contribution is 7.12. The number of rotatable bonds is 3. The summed E-state index contributed by atoms with van der Waals surface area (Å²) < 4.78 is 0. The van der Waals surface area contributed by atoms with Gasteiger partial charge in [0.1, 0.15) is 5.15 Å². The summed E-state index contributed by atoms with van der Waals surface area (Å²) in [5.41, 5.74) is 2.47. The Morgan fingerprint density at radius 3 is 2.89 bits per heavy atom. The lowest BCUT2D eigenvalue weighted by molar-refractivity contribution is 0.102. The van der Waals surface area contributed by atoms with Crippen LogP contribution in [0.5, 0.6) is 0 Å². The lowest BCUT2D eigenvalue weighted by atomic mass is 10.2. The Labute approximate surface area is 115 Å². The van der Waals surface area contributed by atoms with Crippen LogP contribution in [0.4, 0.5) is 5.69 Å². The molecule has 2 aromatic heterocycles. The number of hydrogen-bond donors (Lipinski definition) is 1. The summed E-state index contributed by atoms with van der Waals surface area (Å²) in [6.45, 7) is 3.85. The predicted octanol–water partition coefficient (Wildman–Crippen LogP) is 3.92. The molecule has 2 rings (SSSR count). The zero-order valence-electron chi connectivity index (χ0n) is 10.2. The van der Waals surface area contributed by atoms with Crippen LogP contribution in [0, 0.1) is 6.92 Å². The minimum absolute atomic E-state index is 0.0888. The molecule has 0 aliphatic carbocycles. The average molecular weight is 281 g/mol. The summed E-state index contributed by atoms with van der Waals surface area (Å²) in [6, 6.07) is 5.41. The fourth-order valence-corrected chi connectivity index (χ4v) is 2.73. The Kier molecular flexibility index (Phi) is 3.99. The zero-order chi connectivity index (χ0) is 13.1. The van der Waals surface area contributed by atoms with E-state index in [9.17, 15) is 4.79 Å². The number of anilines is 1. The first-order valence-corrected chi connectivity index (χ1v) is 6.88. The predicted molar refractivity (Wildman–Crippen MR) is 75.6 cm³/mol. The van der Waals surface area contributed by atoms with Crippen molar-refractivity contribution in [3.63, 3.8) is 0 Å². The zero-order valence-corrected chi connectivity index (χ0v) is 11.7. The van der Waals surface area contributed by atoms with E-state index >= 15 is 0 Å². The van der Waals surface area contributed by atoms with Gasteiger partial charge >= 0.3 is 0 Å². The van der Waals surface area contributed by atoms with E-state index in [1.54, 1.807) is 12.1 Å². The van der Waals surface area contributed by atoms with Crippen LogP contribution in [0.2, 0.25) is 5.15 Å². The molecule has 0 aliphatic heterocycles. The standard InChI is InChI=1S/C13H13ClN2OS/c1-3-9-6-7-18-12(9)13(17)16-10-4-5-11(14)15-8(10)2/h4-7H,3H2,1-2H3,(H,16,17). The highest BCUT2D eigenvalue weighted by Crippen LogP contribution is 2.21. The third-order valence-corrected chi connectivity index (χ3v) is 3.80. The van der Waals surface area contributed by atoms with E-state index in [0.29, 0.717) is 16.5 Å². The molecular formula is C13H13ClN2OS. The Bertz CT molecular complexity index is 580. The van der Waals surface area contributed by atoms with Gasteiger partial charge in [-0.3, -0.25) is 4.79 Å². The number of aryl methyl sites for hydroxylation is 2. The van der Waals surface area contributed by atoms with Crippen molar-refractivity contribution in [3.8, 4) is 0 Å². The van der Waals surface area contributed by atoms with Gasteiger partial charge in [-0.25, -0.2) is 4.98 Å². The van der Waals surface area contributed by atoms with Crippen LogP contribution in [0.1, 0.15) is 27.9 Å². The van der Waals surface area contributed by atoms with E-state index in [1.807, 2.05) is 25.3 Å². The molecule has 1 amide bonds. The Morgan fingerprint density at radius 1 is 1.44 bits per heavy atom. The third-order valence-electron chi connectivity index (χ3n) is 2.63. The summed E-state index contributed by atoms with van der Waals surface area (Å²) in [4.78, 5) is 17.0. The molecule has 0 spiro atoms. The first-order chi connectivity index (χ1) is 8.61. The van der Waals surface area contributed by atoms with Crippen molar-refractivity contribution < 1.29 is 4.79 Å². The minimum Gasteiger partial charge on any atom is -0.320 e. The summed E-state index contributed by atoms with van der Waals surface area (Å²) >= 11 is 7.23. The first-order valence-electron chi connectivity index (χ1n) is 5.62. The number of pyridine rings is 1. The van der Waals surface area contributed by atoms with Crippen LogP contribution < -0.4 is 5.32 Å². The smallest absolute Gasteiger partial charge is 0.266 e. The van der Waals surface area contributed by atoms with Crippen molar-refractivity contribution >= 4 is 34.5 Å². The van der Waals surface area contributed by atoms with Crippen molar-refractivity contribution in [2.75, 3.05) is 5.32 Å². The highest BCUT2D eigenvalue weighted by atomic mass is 35.5. The van der Waals surface area contributed by atoms with Gasteiger partial charge in [-0.15, -0.1) is 11.3 Å². The maximum atomic E-state index is 12.1. The Morgan fingerprint density at radius 2 is 2.22 bits per heavy atom. The van der Waals surface area contributed by atoms with Crippen LogP contribution in [-0.2, 0) is 6.42 Å². The van der Waals surface area contributed by atoms with Gasteiger partial charge in [-0.2, -0.15) is 0 Å². The van der Waals surface area contributed by atoms with Gasteiger partial charge in [-0.1, -0.05) is 18.5 Å². The van der Waals surface area contributed by atoms with Crippen molar-refractivity contribution in [2.45, 2.75) is 20.3 Å². The van der Waals surface area contributed by atoms with Crippen LogP contribution in [-0.4, -0.2) is 10.9 Å². The Balaban J connectivity index is 2.21. The molecule has 5 heteroatoms. The lowest BCUT2D eigenvalue weighted by Gasteiger charge is -2.07. The topological polar surface area (TPSA) is 42.0 Å². The summed E-state index contributed by atoms with van der Waals surface area (Å²) in [7, 11) is 0. The molecule has 2 heterocycles. The molecule has 0 atom stereocenters. The van der Waals surface area contributed by atoms with Crippen LogP contribution >= 0.6 is 22.9 Å². The van der Waals surface area contributed by atoms with Gasteiger partial charge < -0.3 is 5.32 Å². The van der Waals surface area contributed by atoms with Gasteiger partial charge in [0.05, 0.1) is 16.3 Å². The molecular weight excluding hydrogens is 268 g/mol. The fourth-order valence-electron chi connectivity index (χ4n) is 1.65. The molecule has 0 saturated carbocycles. The van der Waals surface area contributed by atoms with Gasteiger partial charge in [-0.05, 0) is 42.5 Å². The van der Waals surface area contributed by atoms with E-state index < -0.39 is 0 Å². The molecule has 0 aromatic carbocycles. The molecule has 94 valence electrons. The number of hydrogen-bond acceptors (Lipinski definition) is 3. The lowest BCUT2D eigenvalue weighted by Crippen LogP contribution is -2.13. The third kappa shape index (κ3) is 2.71.